The van der Waals surface area contributed by atoms with Gasteiger partial charge < -0.3 is 4.74 Å². The van der Waals surface area contributed by atoms with E-state index in [1.165, 1.54) is 11.1 Å². The first-order valence-corrected chi connectivity index (χ1v) is 4.03. The highest BCUT2D eigenvalue weighted by molar-refractivity contribution is 5.30. The summed E-state index contributed by atoms with van der Waals surface area (Å²) in [5.74, 6) is 0.569. The quantitative estimate of drug-likeness (QED) is 0.573. The standard InChI is InChI=1S/C10H12O.CH4/c1-8-6-11-7-9-4-2-3-5-10(8)9;/h2-5,8H,6-7H2,1H3;1H4. The number of benzene rings is 1. The van der Waals surface area contributed by atoms with Gasteiger partial charge in [-0.25, -0.2) is 0 Å². The molecule has 1 heteroatoms. The lowest BCUT2D eigenvalue weighted by molar-refractivity contribution is 0.0951. The van der Waals surface area contributed by atoms with E-state index in [-0.39, 0.29) is 7.43 Å². The Kier molecular flexibility index (Phi) is 2.88. The molecule has 0 aliphatic carbocycles. The molecule has 12 heavy (non-hydrogen) atoms. The Hall–Kier alpha value is -0.820. The molecule has 1 aromatic rings. The number of hydrogen-bond acceptors (Lipinski definition) is 1. The Balaban J connectivity index is 0.000000720. The first-order chi connectivity index (χ1) is 5.38. The minimum Gasteiger partial charge on any atom is -0.376 e. The van der Waals surface area contributed by atoms with E-state index in [1.54, 1.807) is 0 Å². The molecule has 2 rings (SSSR count). The number of rotatable bonds is 0. The Labute approximate surface area is 74.4 Å². The zero-order valence-corrected chi connectivity index (χ0v) is 6.71. The van der Waals surface area contributed by atoms with Crippen LogP contribution in [0.1, 0.15) is 31.4 Å². The summed E-state index contributed by atoms with van der Waals surface area (Å²) in [6, 6.07) is 8.51. The predicted octanol–water partition coefficient (Wildman–Crippen LogP) is 2.96. The second-order valence-corrected chi connectivity index (χ2v) is 3.11. The van der Waals surface area contributed by atoms with Gasteiger partial charge in [-0.2, -0.15) is 0 Å². The molecule has 0 saturated heterocycles. The van der Waals surface area contributed by atoms with Crippen LogP contribution in [-0.2, 0) is 11.3 Å². The monoisotopic (exact) mass is 164 g/mol. The fourth-order valence-electron chi connectivity index (χ4n) is 1.58. The fraction of sp³-hybridized carbons (Fsp3) is 0.455. The molecule has 0 N–H and O–H groups in total. The van der Waals surface area contributed by atoms with Gasteiger partial charge >= 0.3 is 0 Å². The van der Waals surface area contributed by atoms with Crippen molar-refractivity contribution in [3.05, 3.63) is 35.4 Å². The summed E-state index contributed by atoms with van der Waals surface area (Å²) in [6.07, 6.45) is 0. The molecule has 1 aromatic carbocycles. The number of fused-ring (bicyclic) bond motifs is 1. The SMILES string of the molecule is C.CC1COCc2ccccc21. The first kappa shape index (κ1) is 9.27. The van der Waals surface area contributed by atoms with Crippen molar-refractivity contribution >= 4 is 0 Å². The molecule has 1 heterocycles. The molecule has 0 aromatic heterocycles. The van der Waals surface area contributed by atoms with Crippen molar-refractivity contribution in [2.45, 2.75) is 26.9 Å². The second-order valence-electron chi connectivity index (χ2n) is 3.11. The molecule has 1 aliphatic rings. The maximum absolute atomic E-state index is 5.41. The topological polar surface area (TPSA) is 9.23 Å². The summed E-state index contributed by atoms with van der Waals surface area (Å²) in [5, 5.41) is 0. The Morgan fingerprint density at radius 3 is 2.83 bits per heavy atom. The highest BCUT2D eigenvalue weighted by atomic mass is 16.5. The lowest BCUT2D eigenvalue weighted by Gasteiger charge is -2.21. The molecule has 1 nitrogen and oxygen atoms in total. The highest BCUT2D eigenvalue weighted by Crippen LogP contribution is 2.25. The van der Waals surface area contributed by atoms with Crippen molar-refractivity contribution in [3.8, 4) is 0 Å². The summed E-state index contributed by atoms with van der Waals surface area (Å²) >= 11 is 0. The maximum Gasteiger partial charge on any atom is 0.0719 e. The smallest absolute Gasteiger partial charge is 0.0719 e. The Morgan fingerprint density at radius 1 is 1.33 bits per heavy atom. The van der Waals surface area contributed by atoms with E-state index in [2.05, 4.69) is 31.2 Å². The summed E-state index contributed by atoms with van der Waals surface area (Å²) in [4.78, 5) is 0. The van der Waals surface area contributed by atoms with Gasteiger partial charge in [0.25, 0.3) is 0 Å². The van der Waals surface area contributed by atoms with Gasteiger partial charge in [-0.15, -0.1) is 0 Å². The van der Waals surface area contributed by atoms with Gasteiger partial charge in [0.15, 0.2) is 0 Å². The normalized spacial score (nSPS) is 20.9. The van der Waals surface area contributed by atoms with Gasteiger partial charge in [-0.3, -0.25) is 0 Å². The molecular formula is C11H16O. The molecule has 1 aliphatic heterocycles. The Morgan fingerprint density at radius 2 is 2.08 bits per heavy atom. The predicted molar refractivity (Wildman–Crippen MR) is 51.2 cm³/mol. The highest BCUT2D eigenvalue weighted by Gasteiger charge is 2.14. The minimum atomic E-state index is 0. The summed E-state index contributed by atoms with van der Waals surface area (Å²) in [5.41, 5.74) is 2.81. The molecule has 0 bridgehead atoms. The van der Waals surface area contributed by atoms with Crippen molar-refractivity contribution in [1.29, 1.82) is 0 Å². The van der Waals surface area contributed by atoms with Gasteiger partial charge in [0.1, 0.15) is 0 Å². The van der Waals surface area contributed by atoms with Crippen molar-refractivity contribution in [3.63, 3.8) is 0 Å². The summed E-state index contributed by atoms with van der Waals surface area (Å²) < 4.78 is 5.41. The van der Waals surface area contributed by atoms with Crippen LogP contribution in [0.4, 0.5) is 0 Å². The van der Waals surface area contributed by atoms with Crippen LogP contribution in [0, 0.1) is 0 Å². The van der Waals surface area contributed by atoms with Crippen molar-refractivity contribution in [2.24, 2.45) is 0 Å². The van der Waals surface area contributed by atoms with Crippen molar-refractivity contribution < 1.29 is 4.74 Å². The van der Waals surface area contributed by atoms with Gasteiger partial charge in [0, 0.05) is 5.92 Å². The zero-order chi connectivity index (χ0) is 7.68. The van der Waals surface area contributed by atoms with Crippen LogP contribution in [0.3, 0.4) is 0 Å². The molecule has 0 fully saturated rings. The van der Waals surface area contributed by atoms with Crippen LogP contribution < -0.4 is 0 Å². The molecule has 0 radical (unpaired) electrons. The molecule has 0 spiro atoms. The molecule has 0 saturated carbocycles. The van der Waals surface area contributed by atoms with Crippen LogP contribution >= 0.6 is 0 Å². The van der Waals surface area contributed by atoms with E-state index in [0.29, 0.717) is 5.92 Å². The third-order valence-electron chi connectivity index (χ3n) is 2.21. The summed E-state index contributed by atoms with van der Waals surface area (Å²) in [6.45, 7) is 3.87. The van der Waals surface area contributed by atoms with Crippen LogP contribution in [0.5, 0.6) is 0 Å². The van der Waals surface area contributed by atoms with E-state index < -0.39 is 0 Å². The van der Waals surface area contributed by atoms with Crippen LogP contribution in [0.2, 0.25) is 0 Å². The Bertz CT molecular complexity index is 255. The van der Waals surface area contributed by atoms with Gasteiger partial charge in [-0.1, -0.05) is 38.6 Å². The van der Waals surface area contributed by atoms with Crippen molar-refractivity contribution in [1.82, 2.24) is 0 Å². The molecule has 1 atom stereocenters. The maximum atomic E-state index is 5.41. The average molecular weight is 164 g/mol. The van der Waals surface area contributed by atoms with E-state index in [9.17, 15) is 0 Å². The largest absolute Gasteiger partial charge is 0.376 e. The van der Waals surface area contributed by atoms with Gasteiger partial charge in [0.2, 0.25) is 0 Å². The van der Waals surface area contributed by atoms with Crippen LogP contribution in [-0.4, -0.2) is 6.61 Å². The lowest BCUT2D eigenvalue weighted by Crippen LogP contribution is -2.13. The van der Waals surface area contributed by atoms with Crippen LogP contribution in [0.15, 0.2) is 24.3 Å². The third kappa shape index (κ3) is 1.51. The van der Waals surface area contributed by atoms with E-state index in [0.717, 1.165) is 13.2 Å². The van der Waals surface area contributed by atoms with Crippen molar-refractivity contribution in [2.75, 3.05) is 6.61 Å². The van der Waals surface area contributed by atoms with E-state index >= 15 is 0 Å². The minimum absolute atomic E-state index is 0. The second kappa shape index (κ2) is 3.72. The fourth-order valence-corrected chi connectivity index (χ4v) is 1.58. The molecule has 1 unspecified atom stereocenters. The average Bonchev–Trinajstić information content (AvgIpc) is 2.06. The molecular weight excluding hydrogens is 148 g/mol. The zero-order valence-electron chi connectivity index (χ0n) is 6.71. The molecule has 66 valence electrons. The van der Waals surface area contributed by atoms with E-state index in [4.69, 9.17) is 4.74 Å². The summed E-state index contributed by atoms with van der Waals surface area (Å²) in [7, 11) is 0. The number of ether oxygens (including phenoxy) is 1. The third-order valence-corrected chi connectivity index (χ3v) is 2.21. The van der Waals surface area contributed by atoms with Gasteiger partial charge in [-0.05, 0) is 11.1 Å². The lowest BCUT2D eigenvalue weighted by atomic mass is 9.95. The number of hydrogen-bond donors (Lipinski definition) is 0. The van der Waals surface area contributed by atoms with Crippen LogP contribution in [0.25, 0.3) is 0 Å². The van der Waals surface area contributed by atoms with E-state index in [1.807, 2.05) is 0 Å². The van der Waals surface area contributed by atoms with Gasteiger partial charge in [0.05, 0.1) is 13.2 Å². The molecule has 0 amide bonds. The first-order valence-electron chi connectivity index (χ1n) is 4.03.